The van der Waals surface area contributed by atoms with E-state index in [0.29, 0.717) is 22.9 Å². The van der Waals surface area contributed by atoms with E-state index in [9.17, 15) is 0 Å². The Hall–Kier alpha value is -2.36. The molecule has 0 radical (unpaired) electrons. The van der Waals surface area contributed by atoms with Crippen molar-refractivity contribution in [2.75, 3.05) is 25.7 Å². The summed E-state index contributed by atoms with van der Waals surface area (Å²) >= 11 is 0. The van der Waals surface area contributed by atoms with Crippen molar-refractivity contribution in [3.8, 4) is 11.5 Å². The first-order valence-electron chi connectivity index (χ1n) is 5.99. The predicted molar refractivity (Wildman–Crippen MR) is 77.6 cm³/mol. The van der Waals surface area contributed by atoms with Gasteiger partial charge in [-0.15, -0.1) is 0 Å². The number of rotatable bonds is 4. The van der Waals surface area contributed by atoms with Gasteiger partial charge in [0.15, 0.2) is 0 Å². The highest BCUT2D eigenvalue weighted by Gasteiger charge is 2.04. The van der Waals surface area contributed by atoms with Gasteiger partial charge >= 0.3 is 0 Å². The van der Waals surface area contributed by atoms with Gasteiger partial charge in [-0.2, -0.15) is 0 Å². The molecule has 4 heteroatoms. The standard InChI is InChI=1S/C15H18N2O2/c1-18-14-6-4-10(8-13(14)17)7-11-3-5-12(16)15(9-11)19-2/h3-6,8-9H,7,16-17H2,1-2H3. The second-order valence-electron chi connectivity index (χ2n) is 4.33. The summed E-state index contributed by atoms with van der Waals surface area (Å²) in [5.74, 6) is 1.39. The summed E-state index contributed by atoms with van der Waals surface area (Å²) in [6.07, 6.45) is 0.769. The van der Waals surface area contributed by atoms with Crippen LogP contribution >= 0.6 is 0 Å². The summed E-state index contributed by atoms with van der Waals surface area (Å²) in [5.41, 5.74) is 15.2. The normalized spacial score (nSPS) is 10.2. The van der Waals surface area contributed by atoms with Crippen LogP contribution in [0.4, 0.5) is 11.4 Å². The Morgan fingerprint density at radius 3 is 2.05 bits per heavy atom. The van der Waals surface area contributed by atoms with Crippen LogP contribution in [0.15, 0.2) is 36.4 Å². The van der Waals surface area contributed by atoms with Crippen LogP contribution in [0, 0.1) is 0 Å². The van der Waals surface area contributed by atoms with Crippen LogP contribution in [0.2, 0.25) is 0 Å². The van der Waals surface area contributed by atoms with Crippen molar-refractivity contribution in [1.29, 1.82) is 0 Å². The molecule has 0 bridgehead atoms. The Balaban J connectivity index is 2.23. The molecule has 0 unspecified atom stereocenters. The third kappa shape index (κ3) is 2.91. The first-order valence-corrected chi connectivity index (χ1v) is 5.99. The highest BCUT2D eigenvalue weighted by atomic mass is 16.5. The van der Waals surface area contributed by atoms with E-state index in [4.69, 9.17) is 20.9 Å². The van der Waals surface area contributed by atoms with Gasteiger partial charge in [-0.25, -0.2) is 0 Å². The zero-order valence-electron chi connectivity index (χ0n) is 11.1. The van der Waals surface area contributed by atoms with E-state index in [-0.39, 0.29) is 0 Å². The maximum absolute atomic E-state index is 5.90. The SMILES string of the molecule is COc1ccc(Cc2ccc(N)c(OC)c2)cc1N. The van der Waals surface area contributed by atoms with Crippen LogP contribution in [0.5, 0.6) is 11.5 Å². The number of benzene rings is 2. The number of nitrogens with two attached hydrogens (primary N) is 2. The fraction of sp³-hybridized carbons (Fsp3) is 0.200. The lowest BCUT2D eigenvalue weighted by molar-refractivity contribution is 0.416. The van der Waals surface area contributed by atoms with Gasteiger partial charge in [-0.3, -0.25) is 0 Å². The summed E-state index contributed by atoms with van der Waals surface area (Å²) in [6, 6.07) is 11.6. The van der Waals surface area contributed by atoms with Crippen LogP contribution in [0.3, 0.4) is 0 Å². The molecule has 0 spiro atoms. The molecule has 2 aromatic rings. The minimum absolute atomic E-state index is 0.639. The number of ether oxygens (including phenoxy) is 2. The van der Waals surface area contributed by atoms with E-state index in [2.05, 4.69) is 0 Å². The third-order valence-electron chi connectivity index (χ3n) is 3.00. The predicted octanol–water partition coefficient (Wildman–Crippen LogP) is 2.46. The van der Waals surface area contributed by atoms with Crippen LogP contribution in [-0.4, -0.2) is 14.2 Å². The fourth-order valence-electron chi connectivity index (χ4n) is 1.99. The van der Waals surface area contributed by atoms with E-state index in [0.717, 1.165) is 17.5 Å². The fourth-order valence-corrected chi connectivity index (χ4v) is 1.99. The van der Waals surface area contributed by atoms with Crippen molar-refractivity contribution in [3.05, 3.63) is 47.5 Å². The summed E-state index contributed by atoms with van der Waals surface area (Å²) < 4.78 is 10.4. The van der Waals surface area contributed by atoms with Crippen LogP contribution in [-0.2, 0) is 6.42 Å². The molecule has 0 saturated carbocycles. The van der Waals surface area contributed by atoms with E-state index in [1.165, 1.54) is 0 Å². The molecule has 0 aliphatic rings. The molecule has 0 aliphatic heterocycles. The molecule has 2 aromatic carbocycles. The minimum atomic E-state index is 0.639. The van der Waals surface area contributed by atoms with E-state index >= 15 is 0 Å². The zero-order chi connectivity index (χ0) is 13.8. The molecule has 0 saturated heterocycles. The lowest BCUT2D eigenvalue weighted by atomic mass is 10.0. The smallest absolute Gasteiger partial charge is 0.142 e. The molecule has 19 heavy (non-hydrogen) atoms. The molecule has 0 heterocycles. The summed E-state index contributed by atoms with van der Waals surface area (Å²) in [4.78, 5) is 0. The second kappa shape index (κ2) is 5.52. The van der Waals surface area contributed by atoms with Crippen molar-refractivity contribution in [3.63, 3.8) is 0 Å². The van der Waals surface area contributed by atoms with Gasteiger partial charge in [0, 0.05) is 0 Å². The highest BCUT2D eigenvalue weighted by molar-refractivity contribution is 5.57. The van der Waals surface area contributed by atoms with Crippen molar-refractivity contribution >= 4 is 11.4 Å². The second-order valence-corrected chi connectivity index (χ2v) is 4.33. The van der Waals surface area contributed by atoms with E-state index in [1.54, 1.807) is 14.2 Å². The largest absolute Gasteiger partial charge is 0.495 e. The van der Waals surface area contributed by atoms with Gasteiger partial charge < -0.3 is 20.9 Å². The molecule has 0 fully saturated rings. The van der Waals surface area contributed by atoms with Crippen molar-refractivity contribution in [1.82, 2.24) is 0 Å². The number of anilines is 2. The monoisotopic (exact) mass is 258 g/mol. The number of nitrogen functional groups attached to an aromatic ring is 2. The van der Waals surface area contributed by atoms with Crippen LogP contribution in [0.1, 0.15) is 11.1 Å². The first-order chi connectivity index (χ1) is 9.13. The Morgan fingerprint density at radius 1 is 0.789 bits per heavy atom. The minimum Gasteiger partial charge on any atom is -0.495 e. The molecule has 4 nitrogen and oxygen atoms in total. The highest BCUT2D eigenvalue weighted by Crippen LogP contribution is 2.26. The lowest BCUT2D eigenvalue weighted by Crippen LogP contribution is -1.97. The third-order valence-corrected chi connectivity index (χ3v) is 3.00. The van der Waals surface area contributed by atoms with Gasteiger partial charge in [0.1, 0.15) is 11.5 Å². The average molecular weight is 258 g/mol. The quantitative estimate of drug-likeness (QED) is 0.826. The van der Waals surface area contributed by atoms with Gasteiger partial charge in [0.05, 0.1) is 25.6 Å². The molecule has 4 N–H and O–H groups in total. The Bertz CT molecular complexity index is 582. The zero-order valence-corrected chi connectivity index (χ0v) is 11.1. The number of methoxy groups -OCH3 is 2. The van der Waals surface area contributed by atoms with E-state index in [1.807, 2.05) is 36.4 Å². The lowest BCUT2D eigenvalue weighted by Gasteiger charge is -2.09. The summed E-state index contributed by atoms with van der Waals surface area (Å²) in [5, 5.41) is 0. The topological polar surface area (TPSA) is 70.5 Å². The Morgan fingerprint density at radius 2 is 1.42 bits per heavy atom. The molecular formula is C15H18N2O2. The molecular weight excluding hydrogens is 240 g/mol. The maximum atomic E-state index is 5.90. The Kier molecular flexibility index (Phi) is 3.80. The average Bonchev–Trinajstić information content (AvgIpc) is 2.41. The molecule has 100 valence electrons. The van der Waals surface area contributed by atoms with Gasteiger partial charge in [0.25, 0.3) is 0 Å². The van der Waals surface area contributed by atoms with Crippen molar-refractivity contribution in [2.45, 2.75) is 6.42 Å². The molecule has 0 aromatic heterocycles. The maximum Gasteiger partial charge on any atom is 0.142 e. The van der Waals surface area contributed by atoms with Gasteiger partial charge in [-0.05, 0) is 41.8 Å². The van der Waals surface area contributed by atoms with Gasteiger partial charge in [0.2, 0.25) is 0 Å². The van der Waals surface area contributed by atoms with Crippen LogP contribution < -0.4 is 20.9 Å². The van der Waals surface area contributed by atoms with Crippen molar-refractivity contribution in [2.24, 2.45) is 0 Å². The summed E-state index contributed by atoms with van der Waals surface area (Å²) in [6.45, 7) is 0. The number of hydrogen-bond acceptors (Lipinski definition) is 4. The van der Waals surface area contributed by atoms with E-state index < -0.39 is 0 Å². The van der Waals surface area contributed by atoms with Gasteiger partial charge in [-0.1, -0.05) is 12.1 Å². The van der Waals surface area contributed by atoms with Crippen molar-refractivity contribution < 1.29 is 9.47 Å². The van der Waals surface area contributed by atoms with Crippen LogP contribution in [0.25, 0.3) is 0 Å². The molecule has 0 aliphatic carbocycles. The molecule has 0 amide bonds. The first kappa shape index (κ1) is 13.1. The molecule has 0 atom stereocenters. The Labute approximate surface area is 112 Å². The summed E-state index contributed by atoms with van der Waals surface area (Å²) in [7, 11) is 3.22. The molecule has 2 rings (SSSR count). The number of hydrogen-bond donors (Lipinski definition) is 2.